The minimum atomic E-state index is -5.00. The molecule has 4 nitrogen and oxygen atoms in total. The number of ether oxygens (including phenoxy) is 1. The minimum absolute atomic E-state index is 0.0306. The highest BCUT2D eigenvalue weighted by Crippen LogP contribution is 2.46. The molecule has 2 aromatic rings. The third kappa shape index (κ3) is 4.88. The average molecular weight is 505 g/mol. The third-order valence-corrected chi connectivity index (χ3v) is 6.63. The van der Waals surface area contributed by atoms with E-state index in [0.717, 1.165) is 0 Å². The number of alkyl halides is 6. The molecule has 1 amide bonds. The summed E-state index contributed by atoms with van der Waals surface area (Å²) in [5.74, 6) is -1.64. The zero-order valence-corrected chi connectivity index (χ0v) is 18.6. The summed E-state index contributed by atoms with van der Waals surface area (Å²) in [4.78, 5) is 14.1. The molecule has 0 spiro atoms. The Morgan fingerprint density at radius 2 is 1.57 bits per heavy atom. The van der Waals surface area contributed by atoms with E-state index in [-0.39, 0.29) is 24.6 Å². The molecule has 2 unspecified atom stereocenters. The molecule has 2 aliphatic heterocycles. The first-order valence-electron chi connectivity index (χ1n) is 10.8. The van der Waals surface area contributed by atoms with Crippen molar-refractivity contribution in [3.05, 3.63) is 70.5 Å². The summed E-state index contributed by atoms with van der Waals surface area (Å²) in [5.41, 5.74) is -4.28. The maximum Gasteiger partial charge on any atom is 0.416 e. The first kappa shape index (κ1) is 25.4. The van der Waals surface area contributed by atoms with Crippen molar-refractivity contribution in [3.8, 4) is 0 Å². The molecule has 0 saturated carbocycles. The van der Waals surface area contributed by atoms with Crippen LogP contribution in [0.4, 0.5) is 30.7 Å². The monoisotopic (exact) mass is 505 g/mol. The Morgan fingerprint density at radius 3 is 2.09 bits per heavy atom. The molecule has 0 bridgehead atoms. The van der Waals surface area contributed by atoms with E-state index in [9.17, 15) is 40.6 Å². The second kappa shape index (κ2) is 8.48. The molecule has 11 heteroatoms. The van der Waals surface area contributed by atoms with E-state index in [4.69, 9.17) is 4.74 Å². The van der Waals surface area contributed by atoms with Crippen LogP contribution in [0.25, 0.3) is 0 Å². The van der Waals surface area contributed by atoms with Crippen LogP contribution in [-0.2, 0) is 21.9 Å². The number of carbonyl (C=O) groups excluding carboxylic acids is 1. The predicted octanol–water partition coefficient (Wildman–Crippen LogP) is 5.46. The number of hydrogen-bond acceptors (Lipinski definition) is 3. The van der Waals surface area contributed by atoms with Crippen LogP contribution in [0.3, 0.4) is 0 Å². The van der Waals surface area contributed by atoms with Crippen LogP contribution in [0, 0.1) is 5.82 Å². The fourth-order valence-electron chi connectivity index (χ4n) is 4.96. The lowest BCUT2D eigenvalue weighted by molar-refractivity contribution is -0.144. The lowest BCUT2D eigenvalue weighted by Gasteiger charge is -2.28. The van der Waals surface area contributed by atoms with Gasteiger partial charge in [-0.05, 0) is 55.3 Å². The number of aliphatic hydroxyl groups is 1. The number of rotatable bonds is 4. The predicted molar refractivity (Wildman–Crippen MR) is 110 cm³/mol. The van der Waals surface area contributed by atoms with E-state index < -0.39 is 65.0 Å². The highest BCUT2D eigenvalue weighted by molar-refractivity contribution is 5.88. The Kier molecular flexibility index (Phi) is 6.16. The van der Waals surface area contributed by atoms with Crippen LogP contribution in [0.1, 0.15) is 54.5 Å². The van der Waals surface area contributed by atoms with E-state index in [0.29, 0.717) is 17.7 Å². The van der Waals surface area contributed by atoms with E-state index in [1.807, 2.05) is 0 Å². The second-order valence-corrected chi connectivity index (χ2v) is 9.24. The summed E-state index contributed by atoms with van der Waals surface area (Å²) in [6.45, 7) is 2.67. The summed E-state index contributed by atoms with van der Waals surface area (Å²) in [5, 5.41) is 10.4. The summed E-state index contributed by atoms with van der Waals surface area (Å²) in [7, 11) is 0. The fraction of sp³-hybridized carbons (Fsp3) is 0.458. The summed E-state index contributed by atoms with van der Waals surface area (Å²) < 4.78 is 99.2. The number of amides is 1. The van der Waals surface area contributed by atoms with Crippen molar-refractivity contribution in [3.63, 3.8) is 0 Å². The molecule has 2 fully saturated rings. The number of fused-ring (bicyclic) bond motifs is 1. The van der Waals surface area contributed by atoms with Gasteiger partial charge in [-0.25, -0.2) is 4.39 Å². The molecule has 1 N–H and O–H groups in total. The second-order valence-electron chi connectivity index (χ2n) is 9.24. The topological polar surface area (TPSA) is 49.8 Å². The van der Waals surface area contributed by atoms with Gasteiger partial charge in [0, 0.05) is 24.9 Å². The van der Waals surface area contributed by atoms with Crippen molar-refractivity contribution in [2.75, 3.05) is 6.54 Å². The molecule has 2 heterocycles. The van der Waals surface area contributed by atoms with Gasteiger partial charge in [0.1, 0.15) is 11.4 Å². The highest BCUT2D eigenvalue weighted by atomic mass is 19.4. The standard InChI is InChI=1S/C24H22F7NO3/c1-12(14-7-15(23(26,27)28)9-16(8-14)24(29,30)31)35-19-11-32-18(10-22(2,34)21(32)33)20(19)13-3-5-17(25)6-4-13/h3-9,12,18-20,34H,10-11H2,1-2H3/t12-,18+,19+,20?,22?/m1/s1. The molecule has 5 atom stereocenters. The van der Waals surface area contributed by atoms with Crippen LogP contribution >= 0.6 is 0 Å². The number of carbonyl (C=O) groups is 1. The summed E-state index contributed by atoms with van der Waals surface area (Å²) in [6.07, 6.45) is -12.0. The van der Waals surface area contributed by atoms with Crippen molar-refractivity contribution in [2.45, 2.75) is 62.4 Å². The van der Waals surface area contributed by atoms with Gasteiger partial charge in [0.15, 0.2) is 0 Å². The largest absolute Gasteiger partial charge is 0.416 e. The quantitative estimate of drug-likeness (QED) is 0.562. The Balaban J connectivity index is 1.68. The van der Waals surface area contributed by atoms with Crippen molar-refractivity contribution in [2.24, 2.45) is 0 Å². The average Bonchev–Trinajstić information content (AvgIpc) is 3.19. The maximum atomic E-state index is 13.5. The van der Waals surface area contributed by atoms with Gasteiger partial charge in [-0.2, -0.15) is 26.3 Å². The van der Waals surface area contributed by atoms with Crippen LogP contribution in [0.2, 0.25) is 0 Å². The van der Waals surface area contributed by atoms with Crippen molar-refractivity contribution < 1.29 is 45.4 Å². The molecule has 2 aliphatic rings. The molecule has 190 valence electrons. The van der Waals surface area contributed by atoms with Gasteiger partial charge in [0.05, 0.1) is 23.3 Å². The normalized spacial score (nSPS) is 27.9. The van der Waals surface area contributed by atoms with Crippen molar-refractivity contribution in [1.82, 2.24) is 4.90 Å². The molecule has 35 heavy (non-hydrogen) atoms. The smallest absolute Gasteiger partial charge is 0.380 e. The van der Waals surface area contributed by atoms with E-state index in [1.165, 1.54) is 43.0 Å². The first-order valence-corrected chi connectivity index (χ1v) is 10.8. The molecule has 4 rings (SSSR count). The lowest BCUT2D eigenvalue weighted by atomic mass is 9.85. The zero-order valence-electron chi connectivity index (χ0n) is 18.6. The van der Waals surface area contributed by atoms with Crippen LogP contribution in [0.15, 0.2) is 42.5 Å². The molecule has 0 aromatic heterocycles. The number of benzene rings is 2. The van der Waals surface area contributed by atoms with E-state index in [2.05, 4.69) is 0 Å². The zero-order chi connectivity index (χ0) is 25.9. The molecule has 2 aromatic carbocycles. The van der Waals surface area contributed by atoms with Gasteiger partial charge >= 0.3 is 12.4 Å². The Morgan fingerprint density at radius 1 is 1.03 bits per heavy atom. The van der Waals surface area contributed by atoms with Crippen molar-refractivity contribution >= 4 is 5.91 Å². The minimum Gasteiger partial charge on any atom is -0.380 e. The van der Waals surface area contributed by atoms with Gasteiger partial charge in [-0.15, -0.1) is 0 Å². The van der Waals surface area contributed by atoms with Gasteiger partial charge in [0.25, 0.3) is 5.91 Å². The first-order chi connectivity index (χ1) is 16.1. The SMILES string of the molecule is C[C@@H](O[C@H]1CN2C(=O)C(C)(O)C[C@H]2C1c1ccc(F)cc1)c1cc(C(F)(F)F)cc(C(F)(F)F)c1. The van der Waals surface area contributed by atoms with Crippen molar-refractivity contribution in [1.29, 1.82) is 0 Å². The Hall–Kier alpha value is -2.66. The molecular formula is C24H22F7NO3. The fourth-order valence-corrected chi connectivity index (χ4v) is 4.96. The Bertz CT molecular complexity index is 1080. The van der Waals surface area contributed by atoms with Crippen LogP contribution in [-0.4, -0.2) is 40.2 Å². The third-order valence-electron chi connectivity index (χ3n) is 6.63. The number of halogens is 7. The van der Waals surface area contributed by atoms with Gasteiger partial charge in [0.2, 0.25) is 0 Å². The summed E-state index contributed by atoms with van der Waals surface area (Å²) in [6, 6.07) is 6.10. The lowest BCUT2D eigenvalue weighted by Crippen LogP contribution is -2.39. The van der Waals surface area contributed by atoms with E-state index in [1.54, 1.807) is 0 Å². The van der Waals surface area contributed by atoms with Gasteiger partial charge in [-0.3, -0.25) is 4.79 Å². The maximum absolute atomic E-state index is 13.5. The molecular weight excluding hydrogens is 483 g/mol. The number of nitrogens with zero attached hydrogens (tertiary/aromatic N) is 1. The molecule has 0 radical (unpaired) electrons. The van der Waals surface area contributed by atoms with Crippen LogP contribution < -0.4 is 0 Å². The van der Waals surface area contributed by atoms with Crippen LogP contribution in [0.5, 0.6) is 0 Å². The summed E-state index contributed by atoms with van der Waals surface area (Å²) >= 11 is 0. The number of hydrogen-bond donors (Lipinski definition) is 1. The van der Waals surface area contributed by atoms with E-state index >= 15 is 0 Å². The molecule has 2 saturated heterocycles. The molecule has 0 aliphatic carbocycles. The Labute approximate surface area is 196 Å². The van der Waals surface area contributed by atoms with Gasteiger partial charge < -0.3 is 14.7 Å². The van der Waals surface area contributed by atoms with Gasteiger partial charge in [-0.1, -0.05) is 12.1 Å². The highest BCUT2D eigenvalue weighted by Gasteiger charge is 2.57.